The summed E-state index contributed by atoms with van der Waals surface area (Å²) in [7, 11) is 0. The highest BCUT2D eigenvalue weighted by atomic mass is 16.4. The van der Waals surface area contributed by atoms with Crippen molar-refractivity contribution in [1.29, 1.82) is 0 Å². The Labute approximate surface area is 83.9 Å². The molecule has 0 aromatic carbocycles. The number of carboxylic acid groups (broad SMARTS) is 2. The molecular formula is C10H18O4. The van der Waals surface area contributed by atoms with E-state index >= 15 is 0 Å². The molecule has 0 atom stereocenters. The normalized spacial score (nSPS) is 10.9. The van der Waals surface area contributed by atoms with Crippen LogP contribution in [-0.2, 0) is 9.59 Å². The number of hydrogen-bond acceptors (Lipinski definition) is 2. The van der Waals surface area contributed by atoms with Gasteiger partial charge in [0, 0.05) is 0 Å². The monoisotopic (exact) mass is 202 g/mol. The molecule has 0 rings (SSSR count). The Morgan fingerprint density at radius 2 is 1.43 bits per heavy atom. The van der Waals surface area contributed by atoms with E-state index in [9.17, 15) is 9.59 Å². The van der Waals surface area contributed by atoms with Crippen LogP contribution < -0.4 is 0 Å². The zero-order valence-corrected chi connectivity index (χ0v) is 8.69. The number of aliphatic carboxylic acids is 2. The van der Waals surface area contributed by atoms with E-state index in [1.54, 1.807) is 0 Å². The van der Waals surface area contributed by atoms with Crippen molar-refractivity contribution in [2.24, 2.45) is 11.8 Å². The van der Waals surface area contributed by atoms with Crippen molar-refractivity contribution in [3.05, 3.63) is 0 Å². The van der Waals surface area contributed by atoms with Crippen molar-refractivity contribution in [3.8, 4) is 0 Å². The standard InChI is InChI=1S/C10H18O4/c1-3-7(4-2)5-6-8(9(11)12)10(13)14/h7-8H,3-6H2,1-2H3,(H,11,12)(H,13,14). The van der Waals surface area contributed by atoms with Gasteiger partial charge in [-0.3, -0.25) is 9.59 Å². The maximum absolute atomic E-state index is 10.5. The predicted molar refractivity (Wildman–Crippen MR) is 52.1 cm³/mol. The smallest absolute Gasteiger partial charge is 0.317 e. The molecular weight excluding hydrogens is 184 g/mol. The molecule has 0 radical (unpaired) electrons. The second kappa shape index (κ2) is 6.40. The van der Waals surface area contributed by atoms with Gasteiger partial charge in [-0.2, -0.15) is 0 Å². The van der Waals surface area contributed by atoms with Gasteiger partial charge in [0.2, 0.25) is 0 Å². The van der Waals surface area contributed by atoms with E-state index in [4.69, 9.17) is 10.2 Å². The lowest BCUT2D eigenvalue weighted by Gasteiger charge is -2.13. The fraction of sp³-hybridized carbons (Fsp3) is 0.800. The van der Waals surface area contributed by atoms with Crippen molar-refractivity contribution >= 4 is 11.9 Å². The lowest BCUT2D eigenvalue weighted by molar-refractivity contribution is -0.154. The lowest BCUT2D eigenvalue weighted by Crippen LogP contribution is -2.23. The summed E-state index contributed by atoms with van der Waals surface area (Å²) in [5.74, 6) is -3.27. The first-order valence-corrected chi connectivity index (χ1v) is 4.98. The number of carbonyl (C=O) groups is 2. The number of rotatable bonds is 7. The van der Waals surface area contributed by atoms with Crippen LogP contribution in [0.5, 0.6) is 0 Å². The Kier molecular flexibility index (Phi) is 5.92. The summed E-state index contributed by atoms with van der Waals surface area (Å²) < 4.78 is 0. The molecule has 0 aromatic rings. The first kappa shape index (κ1) is 12.9. The Balaban J connectivity index is 4.06. The van der Waals surface area contributed by atoms with Crippen molar-refractivity contribution in [2.75, 3.05) is 0 Å². The zero-order chi connectivity index (χ0) is 11.1. The molecule has 0 spiro atoms. The highest BCUT2D eigenvalue weighted by Crippen LogP contribution is 2.18. The summed E-state index contributed by atoms with van der Waals surface area (Å²) in [6.45, 7) is 4.06. The van der Waals surface area contributed by atoms with Gasteiger partial charge in [0.05, 0.1) is 0 Å². The van der Waals surface area contributed by atoms with Crippen molar-refractivity contribution in [1.82, 2.24) is 0 Å². The molecule has 2 N–H and O–H groups in total. The van der Waals surface area contributed by atoms with Gasteiger partial charge in [0.15, 0.2) is 5.92 Å². The molecule has 0 unspecified atom stereocenters. The largest absolute Gasteiger partial charge is 0.481 e. The summed E-state index contributed by atoms with van der Waals surface area (Å²) in [4.78, 5) is 21.1. The molecule has 0 saturated heterocycles. The van der Waals surface area contributed by atoms with E-state index in [0.717, 1.165) is 12.8 Å². The van der Waals surface area contributed by atoms with Gasteiger partial charge in [0.25, 0.3) is 0 Å². The quantitative estimate of drug-likeness (QED) is 0.619. The third kappa shape index (κ3) is 4.25. The fourth-order valence-electron chi connectivity index (χ4n) is 1.45. The summed E-state index contributed by atoms with van der Waals surface area (Å²) in [6.07, 6.45) is 2.86. The number of carboxylic acids is 2. The first-order valence-electron chi connectivity index (χ1n) is 4.98. The summed E-state index contributed by atoms with van der Waals surface area (Å²) in [5, 5.41) is 17.2. The molecule has 14 heavy (non-hydrogen) atoms. The van der Waals surface area contributed by atoms with Crippen LogP contribution in [0.3, 0.4) is 0 Å². The minimum atomic E-state index is -1.24. The van der Waals surface area contributed by atoms with E-state index in [1.807, 2.05) is 13.8 Å². The van der Waals surface area contributed by atoms with Crippen molar-refractivity contribution in [3.63, 3.8) is 0 Å². The maximum atomic E-state index is 10.5. The fourth-order valence-corrected chi connectivity index (χ4v) is 1.45. The summed E-state index contributed by atoms with van der Waals surface area (Å²) >= 11 is 0. The first-order chi connectivity index (χ1) is 6.52. The molecule has 0 aromatic heterocycles. The van der Waals surface area contributed by atoms with E-state index in [-0.39, 0.29) is 6.42 Å². The second-order valence-electron chi connectivity index (χ2n) is 3.49. The van der Waals surface area contributed by atoms with Gasteiger partial charge < -0.3 is 10.2 Å². The predicted octanol–water partition coefficient (Wildman–Crippen LogP) is 1.99. The van der Waals surface area contributed by atoms with E-state index in [0.29, 0.717) is 12.3 Å². The van der Waals surface area contributed by atoms with Crippen molar-refractivity contribution in [2.45, 2.75) is 39.5 Å². The Morgan fingerprint density at radius 3 is 1.71 bits per heavy atom. The molecule has 0 amide bonds. The molecule has 0 saturated carbocycles. The van der Waals surface area contributed by atoms with Crippen molar-refractivity contribution < 1.29 is 19.8 Å². The molecule has 4 heteroatoms. The molecule has 0 bridgehead atoms. The molecule has 0 aliphatic carbocycles. The highest BCUT2D eigenvalue weighted by molar-refractivity contribution is 5.92. The van der Waals surface area contributed by atoms with Gasteiger partial charge in [-0.05, 0) is 18.8 Å². The van der Waals surface area contributed by atoms with Crippen LogP contribution in [0.1, 0.15) is 39.5 Å². The average molecular weight is 202 g/mol. The van der Waals surface area contributed by atoms with Crippen LogP contribution >= 0.6 is 0 Å². The van der Waals surface area contributed by atoms with Crippen LogP contribution in [0.2, 0.25) is 0 Å². The maximum Gasteiger partial charge on any atom is 0.317 e. The molecule has 0 aliphatic heterocycles. The Morgan fingerprint density at radius 1 is 1.00 bits per heavy atom. The molecule has 0 heterocycles. The topological polar surface area (TPSA) is 74.6 Å². The second-order valence-corrected chi connectivity index (χ2v) is 3.49. The van der Waals surface area contributed by atoms with Gasteiger partial charge in [-0.15, -0.1) is 0 Å². The minimum absolute atomic E-state index is 0.233. The highest BCUT2D eigenvalue weighted by Gasteiger charge is 2.25. The van der Waals surface area contributed by atoms with Gasteiger partial charge >= 0.3 is 11.9 Å². The SMILES string of the molecule is CCC(CC)CCC(C(=O)O)C(=O)O. The van der Waals surface area contributed by atoms with Gasteiger partial charge in [-0.1, -0.05) is 26.7 Å². The zero-order valence-electron chi connectivity index (χ0n) is 8.69. The van der Waals surface area contributed by atoms with Crippen LogP contribution in [-0.4, -0.2) is 22.2 Å². The summed E-state index contributed by atoms with van der Waals surface area (Å²) in [6, 6.07) is 0. The van der Waals surface area contributed by atoms with E-state index in [2.05, 4.69) is 0 Å². The lowest BCUT2D eigenvalue weighted by atomic mass is 9.92. The van der Waals surface area contributed by atoms with Gasteiger partial charge in [0.1, 0.15) is 0 Å². The Bertz CT molecular complexity index is 182. The van der Waals surface area contributed by atoms with Crippen LogP contribution in [0, 0.1) is 11.8 Å². The molecule has 82 valence electrons. The molecule has 0 aliphatic rings. The van der Waals surface area contributed by atoms with E-state index in [1.165, 1.54) is 0 Å². The van der Waals surface area contributed by atoms with Crippen LogP contribution in [0.25, 0.3) is 0 Å². The van der Waals surface area contributed by atoms with Gasteiger partial charge in [-0.25, -0.2) is 0 Å². The third-order valence-corrected chi connectivity index (χ3v) is 2.61. The molecule has 0 fully saturated rings. The summed E-state index contributed by atoms with van der Waals surface area (Å²) in [5.41, 5.74) is 0. The molecule has 4 nitrogen and oxygen atoms in total. The van der Waals surface area contributed by atoms with E-state index < -0.39 is 17.9 Å². The van der Waals surface area contributed by atoms with Crippen LogP contribution in [0.4, 0.5) is 0 Å². The Hall–Kier alpha value is -1.06. The van der Waals surface area contributed by atoms with Crippen LogP contribution in [0.15, 0.2) is 0 Å². The average Bonchev–Trinajstić information content (AvgIpc) is 2.11. The third-order valence-electron chi connectivity index (χ3n) is 2.61. The number of hydrogen-bond donors (Lipinski definition) is 2. The minimum Gasteiger partial charge on any atom is -0.481 e.